The average Bonchev–Trinajstić information content (AvgIpc) is 2.94. The third kappa shape index (κ3) is 3.87. The van der Waals surface area contributed by atoms with Crippen LogP contribution in [0, 0.1) is 5.41 Å². The summed E-state index contributed by atoms with van der Waals surface area (Å²) in [4.78, 5) is 26.9. The summed E-state index contributed by atoms with van der Waals surface area (Å²) in [6.45, 7) is 6.81. The Morgan fingerprint density at radius 3 is 2.41 bits per heavy atom. The van der Waals surface area contributed by atoms with Crippen molar-refractivity contribution < 1.29 is 14.3 Å². The highest BCUT2D eigenvalue weighted by Crippen LogP contribution is 2.27. The first-order valence-electron chi connectivity index (χ1n) is 7.79. The van der Waals surface area contributed by atoms with E-state index in [0.29, 0.717) is 18.5 Å². The van der Waals surface area contributed by atoms with E-state index in [-0.39, 0.29) is 23.1 Å². The Balaban J connectivity index is 2.12. The van der Waals surface area contributed by atoms with Crippen molar-refractivity contribution in [3.63, 3.8) is 0 Å². The molecule has 0 N–H and O–H groups in total. The van der Waals surface area contributed by atoms with Crippen molar-refractivity contribution in [2.24, 2.45) is 5.41 Å². The zero-order valence-corrected chi connectivity index (χ0v) is 13.9. The number of carbonyl (C=O) groups is 2. The third-order valence-corrected chi connectivity index (χ3v) is 3.93. The molecule has 0 bridgehead atoms. The number of ketones is 1. The standard InChI is InChI=1S/C18H25NO3/c1-18(2,3)12-16(20)19-11-5-6-15(19)17(21)13-7-9-14(22-4)10-8-13/h7-10,15H,5-6,11-12H2,1-4H3. The predicted molar refractivity (Wildman–Crippen MR) is 86.1 cm³/mol. The van der Waals surface area contributed by atoms with Crippen LogP contribution in [0.15, 0.2) is 24.3 Å². The highest BCUT2D eigenvalue weighted by molar-refractivity contribution is 6.02. The molecule has 1 aliphatic rings. The highest BCUT2D eigenvalue weighted by Gasteiger charge is 2.35. The molecule has 0 saturated carbocycles. The minimum atomic E-state index is -0.316. The van der Waals surface area contributed by atoms with Gasteiger partial charge in [0.1, 0.15) is 5.75 Å². The zero-order valence-electron chi connectivity index (χ0n) is 13.9. The number of rotatable bonds is 4. The Hall–Kier alpha value is -1.84. The molecule has 0 spiro atoms. The Labute approximate surface area is 132 Å². The summed E-state index contributed by atoms with van der Waals surface area (Å²) in [7, 11) is 1.60. The monoisotopic (exact) mass is 303 g/mol. The van der Waals surface area contributed by atoms with E-state index in [1.54, 1.807) is 36.3 Å². The van der Waals surface area contributed by atoms with Gasteiger partial charge < -0.3 is 9.64 Å². The quantitative estimate of drug-likeness (QED) is 0.802. The van der Waals surface area contributed by atoms with Crippen LogP contribution in [0.4, 0.5) is 0 Å². The number of nitrogens with zero attached hydrogens (tertiary/aromatic N) is 1. The summed E-state index contributed by atoms with van der Waals surface area (Å²) in [5.41, 5.74) is 0.578. The number of Topliss-reactive ketones (excluding diaryl/α,β-unsaturated/α-hetero) is 1. The topological polar surface area (TPSA) is 46.6 Å². The van der Waals surface area contributed by atoms with Crippen LogP contribution in [0.1, 0.15) is 50.4 Å². The normalized spacial score (nSPS) is 18.4. The van der Waals surface area contributed by atoms with Crippen LogP contribution in [0.2, 0.25) is 0 Å². The van der Waals surface area contributed by atoms with Crippen LogP contribution < -0.4 is 4.74 Å². The summed E-state index contributed by atoms with van der Waals surface area (Å²) >= 11 is 0. The maximum atomic E-state index is 12.7. The lowest BCUT2D eigenvalue weighted by Gasteiger charge is -2.27. The van der Waals surface area contributed by atoms with Crippen molar-refractivity contribution in [1.29, 1.82) is 0 Å². The maximum Gasteiger partial charge on any atom is 0.223 e. The zero-order chi connectivity index (χ0) is 16.3. The SMILES string of the molecule is COc1ccc(C(=O)C2CCCN2C(=O)CC(C)(C)C)cc1. The van der Waals surface area contributed by atoms with Crippen LogP contribution in [0.5, 0.6) is 5.75 Å². The summed E-state index contributed by atoms with van der Waals surface area (Å²) in [6.07, 6.45) is 2.11. The number of carbonyl (C=O) groups excluding carboxylic acids is 2. The molecule has 1 aromatic carbocycles. The Bertz CT molecular complexity index is 542. The number of amides is 1. The van der Waals surface area contributed by atoms with E-state index in [4.69, 9.17) is 4.74 Å². The molecule has 1 heterocycles. The number of benzene rings is 1. The first-order valence-corrected chi connectivity index (χ1v) is 7.79. The van der Waals surface area contributed by atoms with E-state index in [2.05, 4.69) is 0 Å². The average molecular weight is 303 g/mol. The molecule has 1 atom stereocenters. The van der Waals surface area contributed by atoms with Gasteiger partial charge in [-0.05, 0) is 42.5 Å². The molecule has 1 amide bonds. The summed E-state index contributed by atoms with van der Waals surface area (Å²) in [6, 6.07) is 6.79. The molecule has 4 heteroatoms. The van der Waals surface area contributed by atoms with E-state index in [9.17, 15) is 9.59 Å². The molecule has 0 aliphatic carbocycles. The van der Waals surface area contributed by atoms with Gasteiger partial charge in [-0.25, -0.2) is 0 Å². The van der Waals surface area contributed by atoms with Crippen molar-refractivity contribution in [1.82, 2.24) is 4.90 Å². The van der Waals surface area contributed by atoms with Gasteiger partial charge in [-0.15, -0.1) is 0 Å². The van der Waals surface area contributed by atoms with Crippen molar-refractivity contribution in [2.45, 2.75) is 46.1 Å². The van der Waals surface area contributed by atoms with Crippen LogP contribution in [0.3, 0.4) is 0 Å². The lowest BCUT2D eigenvalue weighted by Crippen LogP contribution is -2.41. The molecule has 22 heavy (non-hydrogen) atoms. The van der Waals surface area contributed by atoms with E-state index in [1.165, 1.54) is 0 Å². The predicted octanol–water partition coefficient (Wildman–Crippen LogP) is 3.31. The molecular formula is C18H25NO3. The van der Waals surface area contributed by atoms with Gasteiger partial charge in [0, 0.05) is 18.5 Å². The highest BCUT2D eigenvalue weighted by atomic mass is 16.5. The Morgan fingerprint density at radius 2 is 1.86 bits per heavy atom. The van der Waals surface area contributed by atoms with Crippen LogP contribution in [-0.2, 0) is 4.79 Å². The number of ether oxygens (including phenoxy) is 1. The van der Waals surface area contributed by atoms with E-state index >= 15 is 0 Å². The molecule has 0 radical (unpaired) electrons. The minimum Gasteiger partial charge on any atom is -0.497 e. The van der Waals surface area contributed by atoms with Gasteiger partial charge >= 0.3 is 0 Å². The van der Waals surface area contributed by atoms with Crippen molar-refractivity contribution in [2.75, 3.05) is 13.7 Å². The first-order chi connectivity index (χ1) is 10.3. The smallest absolute Gasteiger partial charge is 0.223 e. The van der Waals surface area contributed by atoms with Gasteiger partial charge in [0.25, 0.3) is 0 Å². The third-order valence-electron chi connectivity index (χ3n) is 3.93. The summed E-state index contributed by atoms with van der Waals surface area (Å²) in [5.74, 6) is 0.836. The molecule has 120 valence electrons. The van der Waals surface area contributed by atoms with Gasteiger partial charge in [0.2, 0.25) is 5.91 Å². The lowest BCUT2D eigenvalue weighted by atomic mass is 9.91. The fourth-order valence-electron chi connectivity index (χ4n) is 2.84. The number of hydrogen-bond donors (Lipinski definition) is 0. The molecule has 1 saturated heterocycles. The van der Waals surface area contributed by atoms with Gasteiger partial charge in [0.15, 0.2) is 5.78 Å². The molecule has 4 nitrogen and oxygen atoms in total. The number of methoxy groups -OCH3 is 1. The van der Waals surface area contributed by atoms with Gasteiger partial charge in [-0.3, -0.25) is 9.59 Å². The Morgan fingerprint density at radius 1 is 1.23 bits per heavy atom. The van der Waals surface area contributed by atoms with E-state index in [0.717, 1.165) is 18.6 Å². The fraction of sp³-hybridized carbons (Fsp3) is 0.556. The van der Waals surface area contributed by atoms with Crippen molar-refractivity contribution in [3.8, 4) is 5.75 Å². The molecule has 0 aromatic heterocycles. The molecule has 1 aromatic rings. The Kier molecular flexibility index (Phi) is 4.89. The van der Waals surface area contributed by atoms with Crippen molar-refractivity contribution in [3.05, 3.63) is 29.8 Å². The second kappa shape index (κ2) is 6.51. The first kappa shape index (κ1) is 16.5. The summed E-state index contributed by atoms with van der Waals surface area (Å²) in [5, 5.41) is 0. The maximum absolute atomic E-state index is 12.7. The largest absolute Gasteiger partial charge is 0.497 e. The van der Waals surface area contributed by atoms with Crippen LogP contribution in [0.25, 0.3) is 0 Å². The molecule has 1 unspecified atom stereocenters. The second-order valence-electron chi connectivity index (χ2n) is 7.08. The molecule has 1 aliphatic heterocycles. The second-order valence-corrected chi connectivity index (χ2v) is 7.08. The van der Waals surface area contributed by atoms with E-state index in [1.807, 2.05) is 20.8 Å². The minimum absolute atomic E-state index is 0.0300. The molecular weight excluding hydrogens is 278 g/mol. The molecule has 2 rings (SSSR count). The van der Waals surface area contributed by atoms with Crippen LogP contribution >= 0.6 is 0 Å². The fourth-order valence-corrected chi connectivity index (χ4v) is 2.84. The number of likely N-dealkylation sites (tertiary alicyclic amines) is 1. The summed E-state index contributed by atoms with van der Waals surface area (Å²) < 4.78 is 5.11. The molecule has 1 fully saturated rings. The van der Waals surface area contributed by atoms with E-state index < -0.39 is 0 Å². The van der Waals surface area contributed by atoms with Gasteiger partial charge in [-0.1, -0.05) is 20.8 Å². The number of hydrogen-bond acceptors (Lipinski definition) is 3. The van der Waals surface area contributed by atoms with Crippen LogP contribution in [-0.4, -0.2) is 36.3 Å². The lowest BCUT2D eigenvalue weighted by molar-refractivity contribution is -0.133. The van der Waals surface area contributed by atoms with Gasteiger partial charge in [-0.2, -0.15) is 0 Å². The van der Waals surface area contributed by atoms with Crippen molar-refractivity contribution >= 4 is 11.7 Å². The van der Waals surface area contributed by atoms with Gasteiger partial charge in [0.05, 0.1) is 13.2 Å².